The molecule has 2 aromatic rings. The lowest BCUT2D eigenvalue weighted by molar-refractivity contribution is -0.141. The van der Waals surface area contributed by atoms with Gasteiger partial charge in [-0.1, -0.05) is 13.8 Å². The number of thiophene rings is 1. The fraction of sp³-hybridized carbons (Fsp3) is 0.467. The number of halogens is 3. The van der Waals surface area contributed by atoms with Crippen molar-refractivity contribution in [1.29, 1.82) is 0 Å². The van der Waals surface area contributed by atoms with Crippen molar-refractivity contribution in [3.8, 4) is 0 Å². The van der Waals surface area contributed by atoms with Gasteiger partial charge in [-0.3, -0.25) is 9.48 Å². The lowest BCUT2D eigenvalue weighted by Crippen LogP contribution is -2.18. The number of carbonyl (C=O) groups is 1. The third-order valence-corrected chi connectivity index (χ3v) is 4.27. The first kappa shape index (κ1) is 17.5. The maximum absolute atomic E-state index is 12.9. The molecule has 0 aromatic carbocycles. The number of alkyl halides is 3. The Labute approximate surface area is 136 Å². The van der Waals surface area contributed by atoms with E-state index in [1.165, 1.54) is 18.4 Å². The second-order valence-electron chi connectivity index (χ2n) is 5.71. The highest BCUT2D eigenvalue weighted by atomic mass is 32.1. The molecule has 23 heavy (non-hydrogen) atoms. The number of amides is 1. The van der Waals surface area contributed by atoms with Gasteiger partial charge in [-0.25, -0.2) is 0 Å². The molecular formula is C15H18F3N3OS. The number of rotatable bonds is 5. The van der Waals surface area contributed by atoms with Gasteiger partial charge in [0.2, 0.25) is 0 Å². The highest BCUT2D eigenvalue weighted by molar-refractivity contribution is 7.10. The summed E-state index contributed by atoms with van der Waals surface area (Å²) < 4.78 is 39.8. The van der Waals surface area contributed by atoms with E-state index in [1.54, 1.807) is 6.07 Å². The minimum absolute atomic E-state index is 0.471. The smallest absolute Gasteiger partial charge is 0.321 e. The van der Waals surface area contributed by atoms with E-state index in [-0.39, 0.29) is 0 Å². The molecule has 0 atom stereocenters. The van der Waals surface area contributed by atoms with Crippen LogP contribution in [-0.4, -0.2) is 15.7 Å². The minimum Gasteiger partial charge on any atom is -0.321 e. The molecule has 8 heteroatoms. The Morgan fingerprint density at radius 1 is 1.43 bits per heavy atom. The Morgan fingerprint density at radius 3 is 2.74 bits per heavy atom. The Hall–Kier alpha value is -1.83. The van der Waals surface area contributed by atoms with E-state index in [4.69, 9.17) is 0 Å². The highest BCUT2D eigenvalue weighted by Gasteiger charge is 2.39. The van der Waals surface area contributed by atoms with Crippen LogP contribution in [0.2, 0.25) is 0 Å². The first-order valence-corrected chi connectivity index (χ1v) is 8.05. The van der Waals surface area contributed by atoms with Gasteiger partial charge in [0.1, 0.15) is 0 Å². The molecular weight excluding hydrogens is 327 g/mol. The van der Waals surface area contributed by atoms with Crippen LogP contribution >= 0.6 is 11.3 Å². The summed E-state index contributed by atoms with van der Waals surface area (Å²) in [4.78, 5) is 13.2. The zero-order valence-electron chi connectivity index (χ0n) is 13.1. The predicted octanol–water partition coefficient (Wildman–Crippen LogP) is 4.34. The average molecular weight is 345 g/mol. The topological polar surface area (TPSA) is 46.9 Å². The van der Waals surface area contributed by atoms with Crippen LogP contribution in [0.15, 0.2) is 17.6 Å². The number of aryl methyl sites for hydroxylation is 2. The second-order valence-corrected chi connectivity index (χ2v) is 6.71. The van der Waals surface area contributed by atoms with Gasteiger partial charge in [-0.2, -0.15) is 18.3 Å². The molecule has 2 aromatic heterocycles. The highest BCUT2D eigenvalue weighted by Crippen LogP contribution is 2.31. The number of carbonyl (C=O) groups excluding carboxylic acids is 1. The van der Waals surface area contributed by atoms with Crippen LogP contribution in [0.5, 0.6) is 0 Å². The van der Waals surface area contributed by atoms with E-state index in [9.17, 15) is 18.0 Å². The Morgan fingerprint density at radius 2 is 2.13 bits per heavy atom. The zero-order chi connectivity index (χ0) is 17.2. The molecule has 0 aliphatic carbocycles. The van der Waals surface area contributed by atoms with Gasteiger partial charge >= 0.3 is 6.18 Å². The number of aromatic nitrogens is 2. The van der Waals surface area contributed by atoms with Gasteiger partial charge in [0, 0.05) is 18.1 Å². The first-order valence-electron chi connectivity index (χ1n) is 7.17. The van der Waals surface area contributed by atoms with Gasteiger partial charge in [0.05, 0.1) is 11.3 Å². The molecule has 0 saturated carbocycles. The Bertz CT molecular complexity index is 688. The number of nitrogens with zero attached hydrogens (tertiary/aromatic N) is 2. The van der Waals surface area contributed by atoms with Crippen molar-refractivity contribution < 1.29 is 18.0 Å². The van der Waals surface area contributed by atoms with Gasteiger partial charge in [0.25, 0.3) is 5.91 Å². The van der Waals surface area contributed by atoms with E-state index >= 15 is 0 Å². The lowest BCUT2D eigenvalue weighted by atomic mass is 10.1. The van der Waals surface area contributed by atoms with Crippen LogP contribution in [0.4, 0.5) is 18.9 Å². The van der Waals surface area contributed by atoms with Crippen LogP contribution in [0.3, 0.4) is 0 Å². The van der Waals surface area contributed by atoms with Crippen LogP contribution in [-0.2, 0) is 19.6 Å². The summed E-state index contributed by atoms with van der Waals surface area (Å²) in [5.74, 6) is -0.287. The number of hydrogen-bond donors (Lipinski definition) is 1. The quantitative estimate of drug-likeness (QED) is 0.876. The first-order chi connectivity index (χ1) is 10.7. The van der Waals surface area contributed by atoms with Crippen molar-refractivity contribution in [2.24, 2.45) is 13.0 Å². The van der Waals surface area contributed by atoms with E-state index in [0.29, 0.717) is 11.6 Å². The van der Waals surface area contributed by atoms with Crippen molar-refractivity contribution in [1.82, 2.24) is 9.78 Å². The lowest BCUT2D eigenvalue weighted by Gasteiger charge is -2.09. The molecule has 0 bridgehead atoms. The molecule has 0 fully saturated rings. The molecule has 0 aliphatic heterocycles. The molecule has 4 nitrogen and oxygen atoms in total. The minimum atomic E-state index is -4.66. The summed E-state index contributed by atoms with van der Waals surface area (Å²) in [7, 11) is 1.35. The van der Waals surface area contributed by atoms with E-state index < -0.39 is 23.3 Å². The molecule has 1 amide bonds. The molecule has 2 heterocycles. The Balaban J connectivity index is 2.19. The fourth-order valence-corrected chi connectivity index (χ4v) is 2.97. The van der Waals surface area contributed by atoms with Crippen LogP contribution in [0.1, 0.15) is 41.2 Å². The SMILES string of the molecule is CC(C)CCc1sccc1NC(=O)c1cn(C)nc1C(F)(F)F. The molecule has 0 unspecified atom stereocenters. The fourth-order valence-electron chi connectivity index (χ4n) is 2.12. The van der Waals surface area contributed by atoms with Gasteiger partial charge < -0.3 is 5.32 Å². The molecule has 126 valence electrons. The van der Waals surface area contributed by atoms with Gasteiger partial charge in [0.15, 0.2) is 5.69 Å². The van der Waals surface area contributed by atoms with Crippen LogP contribution in [0, 0.1) is 5.92 Å². The molecule has 0 saturated heterocycles. The maximum atomic E-state index is 12.9. The molecule has 0 aliphatic rings. The van der Waals surface area contributed by atoms with Crippen molar-refractivity contribution in [2.75, 3.05) is 5.32 Å². The summed E-state index contributed by atoms with van der Waals surface area (Å²) >= 11 is 1.49. The summed E-state index contributed by atoms with van der Waals surface area (Å²) in [6, 6.07) is 1.71. The normalized spacial score (nSPS) is 12.0. The summed E-state index contributed by atoms with van der Waals surface area (Å²) in [5, 5.41) is 7.74. The van der Waals surface area contributed by atoms with E-state index in [0.717, 1.165) is 28.6 Å². The molecule has 0 spiro atoms. The molecule has 0 radical (unpaired) electrons. The summed E-state index contributed by atoms with van der Waals surface area (Å²) in [5.41, 5.74) is -1.07. The third-order valence-electron chi connectivity index (χ3n) is 3.28. The second kappa shape index (κ2) is 6.74. The third kappa shape index (κ3) is 4.34. The Kier molecular flexibility index (Phi) is 5.13. The van der Waals surface area contributed by atoms with Crippen molar-refractivity contribution in [3.63, 3.8) is 0 Å². The standard InChI is InChI=1S/C15H18F3N3OS/c1-9(2)4-5-12-11(6-7-23-12)19-14(22)10-8-21(3)20-13(10)15(16,17)18/h6-9H,4-5H2,1-3H3,(H,19,22). The van der Waals surface area contributed by atoms with E-state index in [2.05, 4.69) is 24.3 Å². The van der Waals surface area contributed by atoms with Crippen molar-refractivity contribution in [3.05, 3.63) is 33.8 Å². The molecule has 1 N–H and O–H groups in total. The number of anilines is 1. The monoisotopic (exact) mass is 345 g/mol. The summed E-state index contributed by atoms with van der Waals surface area (Å²) in [6.07, 6.45) is -1.85. The maximum Gasteiger partial charge on any atom is 0.435 e. The number of hydrogen-bond acceptors (Lipinski definition) is 3. The van der Waals surface area contributed by atoms with Gasteiger partial charge in [-0.05, 0) is 30.2 Å². The predicted molar refractivity (Wildman–Crippen MR) is 83.6 cm³/mol. The average Bonchev–Trinajstić information content (AvgIpc) is 3.02. The van der Waals surface area contributed by atoms with Crippen molar-refractivity contribution in [2.45, 2.75) is 32.9 Å². The van der Waals surface area contributed by atoms with Crippen LogP contribution < -0.4 is 5.32 Å². The van der Waals surface area contributed by atoms with Crippen molar-refractivity contribution >= 4 is 22.9 Å². The number of nitrogens with one attached hydrogen (secondary N) is 1. The zero-order valence-corrected chi connectivity index (χ0v) is 13.9. The van der Waals surface area contributed by atoms with Crippen LogP contribution in [0.25, 0.3) is 0 Å². The molecule has 2 rings (SSSR count). The largest absolute Gasteiger partial charge is 0.435 e. The van der Waals surface area contributed by atoms with Gasteiger partial charge in [-0.15, -0.1) is 11.3 Å². The van der Waals surface area contributed by atoms with E-state index in [1.807, 2.05) is 5.38 Å². The summed E-state index contributed by atoms with van der Waals surface area (Å²) in [6.45, 7) is 4.19.